The highest BCUT2D eigenvalue weighted by Gasteiger charge is 2.32. The fraction of sp³-hybridized carbons (Fsp3) is 0.176. The molecule has 0 bridgehead atoms. The van der Waals surface area contributed by atoms with Crippen LogP contribution in [0.5, 0.6) is 0 Å². The van der Waals surface area contributed by atoms with Crippen LogP contribution >= 0.6 is 15.9 Å². The van der Waals surface area contributed by atoms with Gasteiger partial charge in [0, 0.05) is 9.89 Å². The quantitative estimate of drug-likeness (QED) is 0.688. The average Bonchev–Trinajstić information content (AvgIpc) is 2.68. The molecule has 0 amide bonds. The zero-order valence-corrected chi connectivity index (χ0v) is 12.2. The van der Waals surface area contributed by atoms with Crippen molar-refractivity contribution in [1.29, 1.82) is 0 Å². The molecule has 90 valence electrons. The number of hydrogen-bond acceptors (Lipinski definition) is 0. The Balaban J connectivity index is 2.21. The van der Waals surface area contributed by atoms with E-state index < -0.39 is 0 Å². The summed E-state index contributed by atoms with van der Waals surface area (Å²) >= 11 is 3.54. The lowest BCUT2D eigenvalue weighted by Crippen LogP contribution is -2.20. The van der Waals surface area contributed by atoms with Gasteiger partial charge in [0.15, 0.2) is 0 Å². The summed E-state index contributed by atoms with van der Waals surface area (Å²) in [5.74, 6) is 0. The Bertz CT molecular complexity index is 640. The van der Waals surface area contributed by atoms with Gasteiger partial charge >= 0.3 is 0 Å². The van der Waals surface area contributed by atoms with Crippen LogP contribution in [-0.2, 0) is 5.41 Å². The van der Waals surface area contributed by atoms with E-state index in [1.807, 2.05) is 0 Å². The lowest BCUT2D eigenvalue weighted by Gasteiger charge is -2.27. The Kier molecular flexibility index (Phi) is 2.67. The third-order valence-corrected chi connectivity index (χ3v) is 4.37. The van der Waals surface area contributed by atoms with Crippen molar-refractivity contribution >= 4 is 22.0 Å². The Morgan fingerprint density at radius 3 is 2.56 bits per heavy atom. The molecule has 0 nitrogen and oxygen atoms in total. The molecule has 0 N–H and O–H groups in total. The SMILES string of the molecule is Cc1ccccc1C1(C)C=Cc2cc(Br)ccc21. The molecule has 0 spiro atoms. The second-order valence-corrected chi connectivity index (χ2v) is 6.00. The molecule has 3 rings (SSSR count). The van der Waals surface area contributed by atoms with Crippen LogP contribution in [0.25, 0.3) is 6.08 Å². The largest absolute Gasteiger partial charge is 0.0692 e. The second kappa shape index (κ2) is 4.10. The number of fused-ring (bicyclic) bond motifs is 1. The van der Waals surface area contributed by atoms with Gasteiger partial charge in [0.25, 0.3) is 0 Å². The van der Waals surface area contributed by atoms with Gasteiger partial charge < -0.3 is 0 Å². The molecule has 1 heteroatoms. The van der Waals surface area contributed by atoms with Gasteiger partial charge in [-0.2, -0.15) is 0 Å². The molecule has 18 heavy (non-hydrogen) atoms. The zero-order valence-electron chi connectivity index (χ0n) is 10.6. The molecule has 1 aliphatic carbocycles. The number of allylic oxidation sites excluding steroid dienone is 1. The minimum Gasteiger partial charge on any atom is -0.0692 e. The molecule has 0 fully saturated rings. The monoisotopic (exact) mass is 298 g/mol. The highest BCUT2D eigenvalue weighted by molar-refractivity contribution is 9.10. The van der Waals surface area contributed by atoms with Crippen LogP contribution in [0.2, 0.25) is 0 Å². The number of halogens is 1. The summed E-state index contributed by atoms with van der Waals surface area (Å²) in [6, 6.07) is 15.2. The van der Waals surface area contributed by atoms with Crippen LogP contribution in [0.3, 0.4) is 0 Å². The molecule has 2 aromatic rings. The predicted octanol–water partition coefficient (Wildman–Crippen LogP) is 5.09. The van der Waals surface area contributed by atoms with E-state index in [2.05, 4.69) is 84.4 Å². The van der Waals surface area contributed by atoms with E-state index in [1.165, 1.54) is 22.3 Å². The maximum absolute atomic E-state index is 3.54. The van der Waals surface area contributed by atoms with Crippen molar-refractivity contribution in [3.63, 3.8) is 0 Å². The van der Waals surface area contributed by atoms with E-state index >= 15 is 0 Å². The van der Waals surface area contributed by atoms with Crippen molar-refractivity contribution in [2.45, 2.75) is 19.3 Å². The molecule has 0 aromatic heterocycles. The van der Waals surface area contributed by atoms with Gasteiger partial charge in [0.1, 0.15) is 0 Å². The number of aryl methyl sites for hydroxylation is 1. The van der Waals surface area contributed by atoms with Crippen molar-refractivity contribution in [3.8, 4) is 0 Å². The van der Waals surface area contributed by atoms with Crippen LogP contribution in [0, 0.1) is 6.92 Å². The fourth-order valence-electron chi connectivity index (χ4n) is 2.88. The van der Waals surface area contributed by atoms with Gasteiger partial charge in [-0.05, 0) is 48.2 Å². The molecular formula is C17H15Br. The molecule has 0 radical (unpaired) electrons. The Hall–Kier alpha value is -1.34. The Labute approximate surface area is 116 Å². The third kappa shape index (κ3) is 1.65. The standard InChI is InChI=1S/C17H15Br/c1-12-5-3-4-6-15(12)17(2)10-9-13-11-14(18)7-8-16(13)17/h3-11H,1-2H3. The van der Waals surface area contributed by atoms with Gasteiger partial charge in [0.2, 0.25) is 0 Å². The third-order valence-electron chi connectivity index (χ3n) is 3.87. The Morgan fingerprint density at radius 2 is 1.78 bits per heavy atom. The normalized spacial score (nSPS) is 21.1. The van der Waals surface area contributed by atoms with Crippen LogP contribution in [0.1, 0.15) is 29.2 Å². The van der Waals surface area contributed by atoms with Gasteiger partial charge in [-0.15, -0.1) is 0 Å². The Morgan fingerprint density at radius 1 is 1.00 bits per heavy atom. The fourth-order valence-corrected chi connectivity index (χ4v) is 3.26. The molecule has 0 saturated heterocycles. The molecule has 1 aliphatic rings. The zero-order chi connectivity index (χ0) is 12.8. The minimum atomic E-state index is 0.00137. The van der Waals surface area contributed by atoms with Crippen molar-refractivity contribution in [2.75, 3.05) is 0 Å². The van der Waals surface area contributed by atoms with Crippen molar-refractivity contribution in [1.82, 2.24) is 0 Å². The maximum atomic E-state index is 3.54. The van der Waals surface area contributed by atoms with Crippen molar-refractivity contribution in [3.05, 3.63) is 75.3 Å². The van der Waals surface area contributed by atoms with Crippen LogP contribution in [0.15, 0.2) is 53.0 Å². The van der Waals surface area contributed by atoms with Gasteiger partial charge in [-0.1, -0.05) is 58.4 Å². The first-order chi connectivity index (χ1) is 8.61. The van der Waals surface area contributed by atoms with Gasteiger partial charge in [-0.3, -0.25) is 0 Å². The van der Waals surface area contributed by atoms with Crippen molar-refractivity contribution in [2.24, 2.45) is 0 Å². The second-order valence-electron chi connectivity index (χ2n) is 5.08. The first kappa shape index (κ1) is 11.7. The number of benzene rings is 2. The summed E-state index contributed by atoms with van der Waals surface area (Å²) in [5, 5.41) is 0. The summed E-state index contributed by atoms with van der Waals surface area (Å²) < 4.78 is 1.14. The number of rotatable bonds is 1. The molecule has 0 aliphatic heterocycles. The van der Waals surface area contributed by atoms with E-state index in [1.54, 1.807) is 0 Å². The van der Waals surface area contributed by atoms with Crippen molar-refractivity contribution < 1.29 is 0 Å². The van der Waals surface area contributed by atoms with Crippen LogP contribution < -0.4 is 0 Å². The maximum Gasteiger partial charge on any atom is 0.0365 e. The highest BCUT2D eigenvalue weighted by atomic mass is 79.9. The summed E-state index contributed by atoms with van der Waals surface area (Å²) in [5.41, 5.74) is 5.44. The van der Waals surface area contributed by atoms with Gasteiger partial charge in [-0.25, -0.2) is 0 Å². The average molecular weight is 299 g/mol. The first-order valence-electron chi connectivity index (χ1n) is 6.17. The lowest BCUT2D eigenvalue weighted by molar-refractivity contribution is 0.731. The summed E-state index contributed by atoms with van der Waals surface area (Å²) in [4.78, 5) is 0. The van der Waals surface area contributed by atoms with E-state index in [4.69, 9.17) is 0 Å². The molecule has 1 atom stereocenters. The van der Waals surface area contributed by atoms with Gasteiger partial charge in [0.05, 0.1) is 0 Å². The molecule has 2 aromatic carbocycles. The van der Waals surface area contributed by atoms with Crippen LogP contribution in [-0.4, -0.2) is 0 Å². The number of hydrogen-bond donors (Lipinski definition) is 0. The minimum absolute atomic E-state index is 0.00137. The smallest absolute Gasteiger partial charge is 0.0365 e. The molecule has 1 unspecified atom stereocenters. The van der Waals surface area contributed by atoms with E-state index in [9.17, 15) is 0 Å². The van der Waals surface area contributed by atoms with E-state index in [-0.39, 0.29) is 5.41 Å². The topological polar surface area (TPSA) is 0 Å². The summed E-state index contributed by atoms with van der Waals surface area (Å²) in [7, 11) is 0. The lowest BCUT2D eigenvalue weighted by atomic mass is 9.76. The molecule has 0 saturated carbocycles. The first-order valence-corrected chi connectivity index (χ1v) is 6.96. The summed E-state index contributed by atoms with van der Waals surface area (Å²) in [6.45, 7) is 4.48. The predicted molar refractivity (Wildman–Crippen MR) is 80.8 cm³/mol. The highest BCUT2D eigenvalue weighted by Crippen LogP contribution is 2.42. The molecule has 0 heterocycles. The van der Waals surface area contributed by atoms with Crippen LogP contribution in [0.4, 0.5) is 0 Å². The summed E-state index contributed by atoms with van der Waals surface area (Å²) in [6.07, 6.45) is 4.54. The van der Waals surface area contributed by atoms with E-state index in [0.717, 1.165) is 4.47 Å². The molecular weight excluding hydrogens is 284 g/mol. The van der Waals surface area contributed by atoms with E-state index in [0.29, 0.717) is 0 Å².